The Bertz CT molecular complexity index is 1450. The van der Waals surface area contributed by atoms with E-state index in [0.29, 0.717) is 22.4 Å². The van der Waals surface area contributed by atoms with Gasteiger partial charge in [-0.3, -0.25) is 4.79 Å². The lowest BCUT2D eigenvalue weighted by atomic mass is 10.2. The highest BCUT2D eigenvalue weighted by Gasteiger charge is 2.33. The second-order valence-electron chi connectivity index (χ2n) is 8.61. The Morgan fingerprint density at radius 3 is 2.42 bits per heavy atom. The van der Waals surface area contributed by atoms with E-state index in [1.54, 1.807) is 6.92 Å². The van der Waals surface area contributed by atoms with E-state index in [1.165, 1.54) is 0 Å². The van der Waals surface area contributed by atoms with E-state index >= 15 is 0 Å². The minimum absolute atomic E-state index is 0.00449. The summed E-state index contributed by atoms with van der Waals surface area (Å²) in [6.45, 7) is 1.96. The maximum absolute atomic E-state index is 11.5. The van der Waals surface area contributed by atoms with E-state index in [2.05, 4.69) is 20.8 Å². The number of benzene rings is 2. The Hall–Kier alpha value is -4.06. The molecule has 1 aliphatic carbocycles. The summed E-state index contributed by atoms with van der Waals surface area (Å²) in [5.41, 5.74) is 3.26. The predicted molar refractivity (Wildman–Crippen MR) is 133 cm³/mol. The molecule has 2 aromatic carbocycles. The molecule has 0 bridgehead atoms. The summed E-state index contributed by atoms with van der Waals surface area (Å²) in [7, 11) is 0. The number of halogens is 4. The van der Waals surface area contributed by atoms with Gasteiger partial charge in [0.05, 0.1) is 10.5 Å². The van der Waals surface area contributed by atoms with Crippen molar-refractivity contribution in [1.29, 1.82) is 0 Å². The third-order valence-corrected chi connectivity index (χ3v) is 5.88. The molecule has 4 aromatic rings. The van der Waals surface area contributed by atoms with E-state index in [1.807, 2.05) is 53.1 Å². The number of alkyl halides is 3. The number of nitrogens with zero attached hydrogens (tertiary/aromatic N) is 3. The zero-order valence-electron chi connectivity index (χ0n) is 20.1. The van der Waals surface area contributed by atoms with Crippen LogP contribution in [0, 0.1) is 6.92 Å². The zero-order valence-corrected chi connectivity index (χ0v) is 20.8. The van der Waals surface area contributed by atoms with E-state index < -0.39 is 24.6 Å². The van der Waals surface area contributed by atoms with Crippen molar-refractivity contribution in [3.63, 3.8) is 0 Å². The number of fused-ring (bicyclic) bond motifs is 1. The number of hydrogen-bond acceptors (Lipinski definition) is 5. The summed E-state index contributed by atoms with van der Waals surface area (Å²) < 4.78 is 41.7. The van der Waals surface area contributed by atoms with E-state index in [4.69, 9.17) is 21.2 Å². The fraction of sp³-hybridized carbons (Fsp3) is 0.280. The second-order valence-corrected chi connectivity index (χ2v) is 8.99. The first kappa shape index (κ1) is 27.0. The van der Waals surface area contributed by atoms with Crippen LogP contribution < -0.4 is 10.6 Å². The summed E-state index contributed by atoms with van der Waals surface area (Å²) in [4.78, 5) is 25.5. The van der Waals surface area contributed by atoms with Gasteiger partial charge in [-0.2, -0.15) is 18.2 Å². The summed E-state index contributed by atoms with van der Waals surface area (Å²) in [6, 6.07) is 15.3. The Balaban J connectivity index is 0.000000257. The molecule has 0 unspecified atom stereocenters. The molecule has 0 radical (unpaired) electrons. The number of aryl methyl sites for hydroxylation is 1. The minimum atomic E-state index is -4.38. The Morgan fingerprint density at radius 2 is 1.84 bits per heavy atom. The number of amides is 2. The average Bonchev–Trinajstić information content (AvgIpc) is 3.48. The molecular formula is C25H23ClF3N5O4. The Labute approximate surface area is 219 Å². The van der Waals surface area contributed by atoms with Crippen molar-refractivity contribution in [2.45, 2.75) is 44.9 Å². The van der Waals surface area contributed by atoms with E-state index in [0.717, 1.165) is 35.0 Å². The van der Waals surface area contributed by atoms with Gasteiger partial charge in [-0.1, -0.05) is 47.1 Å². The van der Waals surface area contributed by atoms with Crippen molar-refractivity contribution in [3.05, 3.63) is 65.0 Å². The maximum Gasteiger partial charge on any atom is 0.404 e. The predicted octanol–water partition coefficient (Wildman–Crippen LogP) is 5.63. The lowest BCUT2D eigenvalue weighted by Crippen LogP contribution is -2.29. The van der Waals surface area contributed by atoms with Crippen molar-refractivity contribution in [3.8, 4) is 17.2 Å². The molecule has 2 amide bonds. The highest BCUT2D eigenvalue weighted by atomic mass is 35.5. The summed E-state index contributed by atoms with van der Waals surface area (Å²) in [6.07, 6.45) is -5.17. The number of carbonyl (C=O) groups is 2. The number of hydrogen-bond donors (Lipinski definition) is 3. The Kier molecular flexibility index (Phi) is 7.91. The van der Waals surface area contributed by atoms with Gasteiger partial charge in [0.1, 0.15) is 12.1 Å². The lowest BCUT2D eigenvalue weighted by Gasteiger charge is -2.10. The van der Waals surface area contributed by atoms with Gasteiger partial charge >= 0.3 is 12.3 Å². The summed E-state index contributed by atoms with van der Waals surface area (Å²) in [5.74, 6) is -0.0571. The molecule has 3 N–H and O–H groups in total. The van der Waals surface area contributed by atoms with Crippen LogP contribution >= 0.6 is 11.6 Å². The lowest BCUT2D eigenvalue weighted by molar-refractivity contribution is -0.153. The van der Waals surface area contributed by atoms with Crippen LogP contribution in [0.1, 0.15) is 30.7 Å². The molecule has 2 heterocycles. The van der Waals surface area contributed by atoms with Crippen molar-refractivity contribution in [2.75, 3.05) is 0 Å². The first-order chi connectivity index (χ1) is 18.0. The van der Waals surface area contributed by atoms with Crippen LogP contribution in [-0.4, -0.2) is 44.0 Å². The van der Waals surface area contributed by atoms with Gasteiger partial charge in [0.25, 0.3) is 0 Å². The molecular weight excluding hydrogens is 527 g/mol. The molecule has 38 heavy (non-hydrogen) atoms. The molecule has 2 aromatic heterocycles. The van der Waals surface area contributed by atoms with Gasteiger partial charge in [0.2, 0.25) is 17.6 Å². The maximum atomic E-state index is 11.5. The first-order valence-corrected chi connectivity index (χ1v) is 11.9. The minimum Gasteiger partial charge on any atom is -0.465 e. The second kappa shape index (κ2) is 11.1. The zero-order chi connectivity index (χ0) is 27.4. The van der Waals surface area contributed by atoms with Gasteiger partial charge in [0.15, 0.2) is 0 Å². The van der Waals surface area contributed by atoms with Gasteiger partial charge in [-0.15, -0.1) is 0 Å². The van der Waals surface area contributed by atoms with Crippen molar-refractivity contribution in [2.24, 2.45) is 0 Å². The molecule has 13 heteroatoms. The largest absolute Gasteiger partial charge is 0.465 e. The first-order valence-electron chi connectivity index (χ1n) is 11.5. The van der Waals surface area contributed by atoms with Gasteiger partial charge in [0, 0.05) is 30.6 Å². The summed E-state index contributed by atoms with van der Waals surface area (Å²) >= 11 is 6.65. The average molecular weight is 550 g/mol. The van der Waals surface area contributed by atoms with Crippen LogP contribution in [0.3, 0.4) is 0 Å². The third kappa shape index (κ3) is 6.82. The Morgan fingerprint density at radius 1 is 1.16 bits per heavy atom. The van der Waals surface area contributed by atoms with Crippen LogP contribution in [0.4, 0.5) is 18.0 Å². The number of para-hydroxylation sites is 1. The molecule has 1 fully saturated rings. The van der Waals surface area contributed by atoms with Gasteiger partial charge in [-0.25, -0.2) is 4.79 Å². The molecule has 0 saturated heterocycles. The number of nitrogens with one attached hydrogen (secondary N) is 2. The number of aromatic nitrogens is 3. The normalized spacial score (nSPS) is 13.1. The molecule has 5 rings (SSSR count). The van der Waals surface area contributed by atoms with E-state index in [-0.39, 0.29) is 12.6 Å². The van der Waals surface area contributed by atoms with Crippen LogP contribution in [0.2, 0.25) is 5.02 Å². The monoisotopic (exact) mass is 549 g/mol. The molecule has 200 valence electrons. The molecule has 0 spiro atoms. The molecule has 0 atom stereocenters. The fourth-order valence-electron chi connectivity index (χ4n) is 3.69. The van der Waals surface area contributed by atoms with Crippen LogP contribution in [0.25, 0.3) is 28.1 Å². The van der Waals surface area contributed by atoms with Gasteiger partial charge < -0.3 is 24.8 Å². The standard InChI is InChI=1S/C19H15ClN4O3.C6H8F3NO/c1-11-22-18(23-27-11)17-16(20)14-4-2-3-5-15(14)24(17)13-8-6-12(7-9-13)10-21-19(25)26;7-6(8,9)3-5(11)10-4-1-2-4/h2-9,21H,10H2,1H3,(H,25,26);4H,1-3H2,(H,10,11). The topological polar surface area (TPSA) is 122 Å². The molecule has 1 saturated carbocycles. The van der Waals surface area contributed by atoms with Crippen LogP contribution in [0.5, 0.6) is 0 Å². The SMILES string of the molecule is Cc1nc(-c2c(Cl)c3ccccc3n2-c2ccc(CNC(=O)O)cc2)no1.O=C(CC(F)(F)F)NC1CC1. The van der Waals surface area contributed by atoms with Crippen molar-refractivity contribution >= 4 is 34.5 Å². The number of carboxylic acid groups (broad SMARTS) is 1. The smallest absolute Gasteiger partial charge is 0.404 e. The summed E-state index contributed by atoms with van der Waals surface area (Å²) in [5, 5.41) is 18.8. The quantitative estimate of drug-likeness (QED) is 0.287. The molecule has 1 aliphatic rings. The van der Waals surface area contributed by atoms with Gasteiger partial charge in [-0.05, 0) is 36.6 Å². The fourth-order valence-corrected chi connectivity index (χ4v) is 4.02. The van der Waals surface area contributed by atoms with E-state index in [9.17, 15) is 22.8 Å². The molecule has 9 nitrogen and oxygen atoms in total. The highest BCUT2D eigenvalue weighted by Crippen LogP contribution is 2.38. The van der Waals surface area contributed by atoms with Crippen LogP contribution in [-0.2, 0) is 11.3 Å². The van der Waals surface area contributed by atoms with Crippen molar-refractivity contribution in [1.82, 2.24) is 25.3 Å². The third-order valence-electron chi connectivity index (χ3n) is 5.49. The van der Waals surface area contributed by atoms with Crippen LogP contribution in [0.15, 0.2) is 53.1 Å². The number of carbonyl (C=O) groups excluding carboxylic acids is 1. The van der Waals surface area contributed by atoms with Crippen molar-refractivity contribution < 1.29 is 32.4 Å². The highest BCUT2D eigenvalue weighted by molar-refractivity contribution is 6.38. The number of rotatable bonds is 6. The molecule has 0 aliphatic heterocycles.